The second-order valence-electron chi connectivity index (χ2n) is 23.9. The first kappa shape index (κ1) is 81.1. The molecule has 0 aromatic rings. The van der Waals surface area contributed by atoms with Crippen molar-refractivity contribution < 1.29 is 80.2 Å². The van der Waals surface area contributed by atoms with Crippen LogP contribution >= 0.6 is 15.6 Å². The number of phosphoric ester groups is 2. The Morgan fingerprint density at radius 3 is 0.916 bits per heavy atom. The predicted molar refractivity (Wildman–Crippen MR) is 331 cm³/mol. The fourth-order valence-corrected chi connectivity index (χ4v) is 11.1. The van der Waals surface area contributed by atoms with E-state index < -0.39 is 97.5 Å². The van der Waals surface area contributed by atoms with E-state index in [0.717, 1.165) is 109 Å². The quantitative estimate of drug-likeness (QED) is 0.0222. The van der Waals surface area contributed by atoms with Crippen molar-refractivity contribution in [3.05, 3.63) is 0 Å². The minimum Gasteiger partial charge on any atom is -0.462 e. The molecule has 492 valence electrons. The van der Waals surface area contributed by atoms with Crippen molar-refractivity contribution in [2.24, 2.45) is 11.8 Å². The molecule has 19 heteroatoms. The lowest BCUT2D eigenvalue weighted by Gasteiger charge is -2.21. The molecule has 83 heavy (non-hydrogen) atoms. The number of aliphatic hydroxyl groups excluding tert-OH is 1. The summed E-state index contributed by atoms with van der Waals surface area (Å²) in [5.41, 5.74) is 0. The van der Waals surface area contributed by atoms with E-state index in [1.807, 2.05) is 0 Å². The molecule has 3 unspecified atom stereocenters. The molecule has 0 heterocycles. The van der Waals surface area contributed by atoms with Crippen molar-refractivity contribution >= 4 is 39.5 Å². The molecular weight excluding hydrogens is 1100 g/mol. The van der Waals surface area contributed by atoms with Crippen LogP contribution in [0.4, 0.5) is 0 Å². The number of rotatable bonds is 63. The van der Waals surface area contributed by atoms with Gasteiger partial charge in [-0.15, -0.1) is 0 Å². The number of esters is 4. The van der Waals surface area contributed by atoms with Gasteiger partial charge < -0.3 is 33.8 Å². The van der Waals surface area contributed by atoms with Gasteiger partial charge in [0.05, 0.1) is 26.4 Å². The van der Waals surface area contributed by atoms with E-state index in [0.29, 0.717) is 31.6 Å². The van der Waals surface area contributed by atoms with Gasteiger partial charge >= 0.3 is 39.5 Å². The lowest BCUT2D eigenvalue weighted by Crippen LogP contribution is -2.30. The van der Waals surface area contributed by atoms with Crippen molar-refractivity contribution in [2.75, 3.05) is 39.6 Å². The lowest BCUT2D eigenvalue weighted by atomic mass is 9.99. The average molecular weight is 1230 g/mol. The maximum atomic E-state index is 13.0. The number of carbonyl (C=O) groups excluding carboxylic acids is 4. The molecule has 6 atom stereocenters. The van der Waals surface area contributed by atoms with Gasteiger partial charge in [0.25, 0.3) is 0 Å². The molecule has 0 aliphatic carbocycles. The summed E-state index contributed by atoms with van der Waals surface area (Å²) in [6.45, 7) is 9.40. The second-order valence-corrected chi connectivity index (χ2v) is 26.8. The summed E-state index contributed by atoms with van der Waals surface area (Å²) < 4.78 is 67.9. The largest absolute Gasteiger partial charge is 0.472 e. The van der Waals surface area contributed by atoms with Crippen molar-refractivity contribution in [3.63, 3.8) is 0 Å². The molecule has 0 fully saturated rings. The molecule has 17 nitrogen and oxygen atoms in total. The molecule has 0 aliphatic heterocycles. The monoisotopic (exact) mass is 1230 g/mol. The van der Waals surface area contributed by atoms with Crippen molar-refractivity contribution in [2.45, 2.75) is 336 Å². The third-order valence-electron chi connectivity index (χ3n) is 15.1. The van der Waals surface area contributed by atoms with Crippen LogP contribution < -0.4 is 0 Å². The molecule has 0 spiro atoms. The van der Waals surface area contributed by atoms with Crippen LogP contribution in [-0.2, 0) is 65.4 Å². The van der Waals surface area contributed by atoms with Gasteiger partial charge in [-0.05, 0) is 37.5 Å². The van der Waals surface area contributed by atoms with Crippen LogP contribution in [0.25, 0.3) is 0 Å². The normalized spacial score (nSPS) is 14.6. The summed E-state index contributed by atoms with van der Waals surface area (Å²) >= 11 is 0. The molecule has 3 N–H and O–H groups in total. The topological polar surface area (TPSA) is 237 Å². The smallest absolute Gasteiger partial charge is 0.462 e. The van der Waals surface area contributed by atoms with E-state index in [4.69, 9.17) is 37.0 Å². The predicted octanol–water partition coefficient (Wildman–Crippen LogP) is 17.7. The zero-order chi connectivity index (χ0) is 61.5. The van der Waals surface area contributed by atoms with Gasteiger partial charge in [-0.1, -0.05) is 266 Å². The Balaban J connectivity index is 5.22. The summed E-state index contributed by atoms with van der Waals surface area (Å²) in [6, 6.07) is 0. The van der Waals surface area contributed by atoms with Crippen LogP contribution in [0, 0.1) is 11.8 Å². The molecule has 0 saturated heterocycles. The Morgan fingerprint density at radius 1 is 0.349 bits per heavy atom. The number of unbranched alkanes of at least 4 members (excludes halogenated alkanes) is 32. The first-order chi connectivity index (χ1) is 39.9. The number of hydrogen-bond donors (Lipinski definition) is 3. The Bertz CT molecular complexity index is 1630. The standard InChI is InChI=1S/C64H124O17P2/c1-7-10-12-14-16-17-18-19-20-21-22-30-36-42-48-63(68)80-60(53-75-62(67)47-41-35-29-24-23-28-33-39-45-57(6)9-3)55-79-83(72,73)77-51-58(65)50-76-82(70,71)78-54-59(52-74-61(66)46-40-34-26-15-13-11-8-2)81-64(69)49-43-37-31-25-27-32-38-44-56(4)5/h56-60,65H,7-55H2,1-6H3,(H,70,71)(H,72,73)/t57?,58-,59+,60+/m0/s1. The molecular formula is C64H124O17P2. The molecule has 0 radical (unpaired) electrons. The van der Waals surface area contributed by atoms with Crippen LogP contribution in [-0.4, -0.2) is 96.7 Å². The third kappa shape index (κ3) is 57.6. The highest BCUT2D eigenvalue weighted by Crippen LogP contribution is 2.45. The Kier molecular flexibility index (Phi) is 55.2. The van der Waals surface area contributed by atoms with Gasteiger partial charge in [0.15, 0.2) is 12.2 Å². The highest BCUT2D eigenvalue weighted by molar-refractivity contribution is 7.47. The number of phosphoric acid groups is 2. The highest BCUT2D eigenvalue weighted by atomic mass is 31.2. The number of carbonyl (C=O) groups is 4. The van der Waals surface area contributed by atoms with E-state index in [-0.39, 0.29) is 25.7 Å². The molecule has 0 aromatic carbocycles. The van der Waals surface area contributed by atoms with Crippen LogP contribution in [0.3, 0.4) is 0 Å². The van der Waals surface area contributed by atoms with Crippen molar-refractivity contribution in [1.29, 1.82) is 0 Å². The zero-order valence-electron chi connectivity index (χ0n) is 53.5. The maximum Gasteiger partial charge on any atom is 0.472 e. The number of aliphatic hydroxyl groups is 1. The summed E-state index contributed by atoms with van der Waals surface area (Å²) in [7, 11) is -9.88. The van der Waals surface area contributed by atoms with Gasteiger partial charge in [0.2, 0.25) is 0 Å². The van der Waals surface area contributed by atoms with Crippen molar-refractivity contribution in [3.8, 4) is 0 Å². The molecule has 0 rings (SSSR count). The van der Waals surface area contributed by atoms with Crippen LogP contribution in [0.5, 0.6) is 0 Å². The van der Waals surface area contributed by atoms with Gasteiger partial charge in [0.1, 0.15) is 19.3 Å². The van der Waals surface area contributed by atoms with Gasteiger partial charge in [-0.3, -0.25) is 37.3 Å². The SMILES string of the molecule is CCCCCCCCCCCCCCCCC(=O)O[C@H](COC(=O)CCCCCCCCCCC(C)CC)COP(=O)(O)OC[C@@H](O)COP(=O)(O)OC[C@@H](COC(=O)CCCCCCCCC)OC(=O)CCCCCCCCCC(C)C. The van der Waals surface area contributed by atoms with Crippen LogP contribution in [0.15, 0.2) is 0 Å². The van der Waals surface area contributed by atoms with Crippen LogP contribution in [0.1, 0.15) is 318 Å². The Morgan fingerprint density at radius 2 is 0.614 bits per heavy atom. The fourth-order valence-electron chi connectivity index (χ4n) is 9.50. The maximum absolute atomic E-state index is 13.0. The molecule has 0 aliphatic rings. The first-order valence-corrected chi connectivity index (χ1v) is 36.5. The Hall–Kier alpha value is -1.94. The fraction of sp³-hybridized carbons (Fsp3) is 0.938. The van der Waals surface area contributed by atoms with Gasteiger partial charge in [-0.25, -0.2) is 9.13 Å². The average Bonchev–Trinajstić information content (AvgIpc) is 3.49. The first-order valence-electron chi connectivity index (χ1n) is 33.5. The molecule has 0 aromatic heterocycles. The summed E-state index contributed by atoms with van der Waals surface area (Å²) in [5, 5.41) is 10.5. The highest BCUT2D eigenvalue weighted by Gasteiger charge is 2.30. The van der Waals surface area contributed by atoms with E-state index in [1.54, 1.807) is 0 Å². The van der Waals surface area contributed by atoms with Crippen LogP contribution in [0.2, 0.25) is 0 Å². The van der Waals surface area contributed by atoms with E-state index in [2.05, 4.69) is 41.5 Å². The zero-order valence-corrected chi connectivity index (χ0v) is 55.3. The van der Waals surface area contributed by atoms with Gasteiger partial charge in [-0.2, -0.15) is 0 Å². The lowest BCUT2D eigenvalue weighted by molar-refractivity contribution is -0.161. The van der Waals surface area contributed by atoms with E-state index >= 15 is 0 Å². The minimum atomic E-state index is -4.94. The molecule has 0 saturated carbocycles. The van der Waals surface area contributed by atoms with Gasteiger partial charge in [0, 0.05) is 25.7 Å². The van der Waals surface area contributed by atoms with E-state index in [1.165, 1.54) is 122 Å². The summed E-state index contributed by atoms with van der Waals surface area (Å²) in [5.74, 6) is -0.665. The minimum absolute atomic E-state index is 0.103. The number of ether oxygens (including phenoxy) is 4. The number of hydrogen-bond acceptors (Lipinski definition) is 15. The second kappa shape index (κ2) is 56.6. The Labute approximate surface area is 505 Å². The molecule has 0 bridgehead atoms. The van der Waals surface area contributed by atoms with E-state index in [9.17, 15) is 43.2 Å². The third-order valence-corrected chi connectivity index (χ3v) is 17.0. The summed E-state index contributed by atoms with van der Waals surface area (Å²) in [6.07, 6.45) is 39.0. The van der Waals surface area contributed by atoms with Crippen molar-refractivity contribution in [1.82, 2.24) is 0 Å². The summed E-state index contributed by atoms with van der Waals surface area (Å²) in [4.78, 5) is 72.1. The molecule has 0 amide bonds.